The fourth-order valence-corrected chi connectivity index (χ4v) is 3.53. The van der Waals surface area contributed by atoms with Crippen molar-refractivity contribution < 1.29 is 29.1 Å². The minimum absolute atomic E-state index is 0.112. The van der Waals surface area contributed by atoms with Crippen LogP contribution in [0.1, 0.15) is 0 Å². The number of carbonyl (C=O) groups excluding carboxylic acids is 3. The maximum absolute atomic E-state index is 12.1. The van der Waals surface area contributed by atoms with Crippen LogP contribution in [0.2, 0.25) is 0 Å². The van der Waals surface area contributed by atoms with Gasteiger partial charge in [0.2, 0.25) is 11.5 Å². The van der Waals surface area contributed by atoms with Crippen molar-refractivity contribution in [3.05, 3.63) is 11.8 Å². The molecule has 11 heteroatoms. The minimum Gasteiger partial charge on any atom is -0.478 e. The van der Waals surface area contributed by atoms with Crippen LogP contribution in [0.25, 0.3) is 0 Å². The lowest BCUT2D eigenvalue weighted by Gasteiger charge is -2.46. The molecule has 0 aromatic carbocycles. The monoisotopic (exact) mass is 405 g/mol. The predicted octanol–water partition coefficient (Wildman–Crippen LogP) is -0.679. The van der Waals surface area contributed by atoms with Crippen molar-refractivity contribution in [2.24, 2.45) is 5.16 Å². The Morgan fingerprint density at radius 1 is 1.57 bits per heavy atom. The standard InChI is InChI=1S/C12H12BrN3O6S/c1-22-15-7(6(17)2-13)9(18)14-8-10(19)16-3-5(12(20)21)4-23-11(8)16/h3,8,11H,2,4H2,1H3,(H,14,18)(H,20,21)/t8?,11-/m1/s1. The number of fused-ring (bicyclic) bond motifs is 1. The first-order valence-corrected chi connectivity index (χ1v) is 8.46. The average Bonchev–Trinajstić information content (AvgIpc) is 2.55. The lowest BCUT2D eigenvalue weighted by Crippen LogP contribution is -2.69. The van der Waals surface area contributed by atoms with E-state index in [2.05, 4.69) is 31.2 Å². The summed E-state index contributed by atoms with van der Waals surface area (Å²) in [5.74, 6) is -2.72. The van der Waals surface area contributed by atoms with Crippen LogP contribution >= 0.6 is 27.7 Å². The van der Waals surface area contributed by atoms with Crippen molar-refractivity contribution in [2.45, 2.75) is 11.4 Å². The molecular weight excluding hydrogens is 394 g/mol. The molecule has 23 heavy (non-hydrogen) atoms. The van der Waals surface area contributed by atoms with Crippen LogP contribution in [-0.2, 0) is 24.0 Å². The summed E-state index contributed by atoms with van der Waals surface area (Å²) in [5, 5.41) is 14.2. The molecule has 124 valence electrons. The number of alkyl halides is 1. The number of thioether (sulfide) groups is 1. The summed E-state index contributed by atoms with van der Waals surface area (Å²) in [5.41, 5.74) is -0.335. The van der Waals surface area contributed by atoms with Gasteiger partial charge in [-0.05, 0) is 0 Å². The molecule has 0 aromatic heterocycles. The van der Waals surface area contributed by atoms with E-state index in [1.165, 1.54) is 30.0 Å². The van der Waals surface area contributed by atoms with Crippen molar-refractivity contribution in [1.82, 2.24) is 10.2 Å². The molecule has 9 nitrogen and oxygen atoms in total. The average molecular weight is 406 g/mol. The van der Waals surface area contributed by atoms with Gasteiger partial charge in [0.05, 0.1) is 10.9 Å². The fraction of sp³-hybridized carbons (Fsp3) is 0.417. The number of aliphatic carboxylic acids is 1. The van der Waals surface area contributed by atoms with E-state index in [1.807, 2.05) is 0 Å². The second-order valence-corrected chi connectivity index (χ2v) is 6.20. The molecule has 2 aliphatic heterocycles. The van der Waals surface area contributed by atoms with Crippen LogP contribution in [0.3, 0.4) is 0 Å². The number of hydrogen-bond acceptors (Lipinski definition) is 7. The molecule has 0 bridgehead atoms. The SMILES string of the molecule is CON=C(C(=O)CBr)C(=O)NC1C(=O)N2C=C(C(=O)O)CS[C@H]12. The van der Waals surface area contributed by atoms with Gasteiger partial charge in [0.1, 0.15) is 18.5 Å². The number of carboxylic acid groups (broad SMARTS) is 1. The van der Waals surface area contributed by atoms with Crippen LogP contribution in [0, 0.1) is 0 Å². The zero-order valence-corrected chi connectivity index (χ0v) is 14.2. The summed E-state index contributed by atoms with van der Waals surface area (Å²) in [7, 11) is 1.19. The topological polar surface area (TPSA) is 125 Å². The molecule has 2 rings (SSSR count). The number of carbonyl (C=O) groups is 4. The Hall–Kier alpha value is -1.88. The van der Waals surface area contributed by atoms with Crippen LogP contribution in [0.4, 0.5) is 0 Å². The molecule has 2 atom stereocenters. The number of oxime groups is 1. The Bertz CT molecular complexity index is 634. The molecule has 0 radical (unpaired) electrons. The minimum atomic E-state index is -1.09. The Morgan fingerprint density at radius 3 is 2.83 bits per heavy atom. The number of nitrogens with one attached hydrogen (secondary N) is 1. The smallest absolute Gasteiger partial charge is 0.333 e. The van der Waals surface area contributed by atoms with Gasteiger partial charge in [-0.15, -0.1) is 11.8 Å². The Kier molecular flexibility index (Phi) is 5.42. The highest BCUT2D eigenvalue weighted by Gasteiger charge is 2.50. The summed E-state index contributed by atoms with van der Waals surface area (Å²) in [6.45, 7) is 0. The Balaban J connectivity index is 2.07. The quantitative estimate of drug-likeness (QED) is 0.197. The maximum atomic E-state index is 12.1. The highest BCUT2D eigenvalue weighted by atomic mass is 79.9. The van der Waals surface area contributed by atoms with E-state index in [1.54, 1.807) is 0 Å². The molecular formula is C12H12BrN3O6S. The number of amides is 2. The van der Waals surface area contributed by atoms with Gasteiger partial charge in [-0.2, -0.15) is 0 Å². The number of Topliss-reactive ketones (excluding diaryl/α,β-unsaturated/α-hetero) is 1. The second kappa shape index (κ2) is 7.13. The molecule has 1 fully saturated rings. The third kappa shape index (κ3) is 3.39. The number of rotatable bonds is 6. The number of halogens is 1. The summed E-state index contributed by atoms with van der Waals surface area (Å²) in [6.07, 6.45) is 1.27. The zero-order valence-electron chi connectivity index (χ0n) is 11.8. The summed E-state index contributed by atoms with van der Waals surface area (Å²) >= 11 is 4.15. The number of ketones is 1. The molecule has 0 aromatic rings. The van der Waals surface area contributed by atoms with Crippen molar-refractivity contribution in [3.8, 4) is 0 Å². The predicted molar refractivity (Wildman–Crippen MR) is 84.0 cm³/mol. The maximum Gasteiger partial charge on any atom is 0.333 e. The Labute approximate surface area is 143 Å². The lowest BCUT2D eigenvalue weighted by molar-refractivity contribution is -0.144. The summed E-state index contributed by atoms with van der Waals surface area (Å²) < 4.78 is 0. The molecule has 2 heterocycles. The molecule has 2 N–H and O–H groups in total. The molecule has 0 spiro atoms. The molecule has 1 saturated heterocycles. The van der Waals surface area contributed by atoms with Gasteiger partial charge < -0.3 is 20.2 Å². The van der Waals surface area contributed by atoms with E-state index in [4.69, 9.17) is 5.11 Å². The van der Waals surface area contributed by atoms with Gasteiger partial charge in [-0.1, -0.05) is 21.1 Å². The molecule has 0 saturated carbocycles. The molecule has 0 aliphatic carbocycles. The lowest BCUT2D eigenvalue weighted by atomic mass is 10.1. The first-order chi connectivity index (χ1) is 10.9. The third-order valence-corrected chi connectivity index (χ3v) is 4.96. The van der Waals surface area contributed by atoms with Gasteiger partial charge in [-0.25, -0.2) is 4.79 Å². The Morgan fingerprint density at radius 2 is 2.26 bits per heavy atom. The van der Waals surface area contributed by atoms with Crippen LogP contribution < -0.4 is 5.32 Å². The fourth-order valence-electron chi connectivity index (χ4n) is 2.01. The van der Waals surface area contributed by atoms with Gasteiger partial charge >= 0.3 is 5.97 Å². The number of nitrogens with zero attached hydrogens (tertiary/aromatic N) is 2. The zero-order chi connectivity index (χ0) is 17.1. The van der Waals surface area contributed by atoms with E-state index in [-0.39, 0.29) is 16.7 Å². The van der Waals surface area contributed by atoms with E-state index in [0.717, 1.165) is 0 Å². The van der Waals surface area contributed by atoms with Gasteiger partial charge in [0, 0.05) is 12.0 Å². The highest BCUT2D eigenvalue weighted by molar-refractivity contribution is 9.09. The van der Waals surface area contributed by atoms with Crippen LogP contribution in [-0.4, -0.2) is 68.9 Å². The number of carboxylic acids is 1. The van der Waals surface area contributed by atoms with E-state index < -0.39 is 40.7 Å². The van der Waals surface area contributed by atoms with E-state index >= 15 is 0 Å². The molecule has 2 amide bonds. The van der Waals surface area contributed by atoms with Crippen molar-refractivity contribution >= 4 is 57.0 Å². The molecule has 1 unspecified atom stereocenters. The number of β-lactam (4-membered cyclic amide) rings is 1. The highest BCUT2D eigenvalue weighted by Crippen LogP contribution is 2.36. The van der Waals surface area contributed by atoms with Crippen molar-refractivity contribution in [3.63, 3.8) is 0 Å². The molecule has 2 aliphatic rings. The van der Waals surface area contributed by atoms with Crippen LogP contribution in [0.15, 0.2) is 16.9 Å². The van der Waals surface area contributed by atoms with E-state index in [9.17, 15) is 19.2 Å². The first-order valence-electron chi connectivity index (χ1n) is 6.29. The largest absolute Gasteiger partial charge is 0.478 e. The normalized spacial score (nSPS) is 23.4. The first kappa shape index (κ1) is 17.5. The van der Waals surface area contributed by atoms with Gasteiger partial charge in [0.25, 0.3) is 11.8 Å². The second-order valence-electron chi connectivity index (χ2n) is 4.54. The van der Waals surface area contributed by atoms with Crippen LogP contribution in [0.5, 0.6) is 0 Å². The van der Waals surface area contributed by atoms with E-state index in [0.29, 0.717) is 0 Å². The van der Waals surface area contributed by atoms with Crippen molar-refractivity contribution in [2.75, 3.05) is 18.2 Å². The third-order valence-electron chi connectivity index (χ3n) is 3.13. The van der Waals surface area contributed by atoms with Gasteiger partial charge in [-0.3, -0.25) is 14.4 Å². The summed E-state index contributed by atoms with van der Waals surface area (Å²) in [6, 6.07) is -0.843. The van der Waals surface area contributed by atoms with Crippen molar-refractivity contribution in [1.29, 1.82) is 0 Å². The number of hydrogen-bond donors (Lipinski definition) is 2. The van der Waals surface area contributed by atoms with Gasteiger partial charge in [0.15, 0.2) is 0 Å². The summed E-state index contributed by atoms with van der Waals surface area (Å²) in [4.78, 5) is 52.3.